The van der Waals surface area contributed by atoms with Crippen molar-refractivity contribution in [2.24, 2.45) is 0 Å². The molecule has 1 aromatic heterocycles. The predicted molar refractivity (Wildman–Crippen MR) is 85.6 cm³/mol. The number of halogens is 1. The molecule has 0 fully saturated rings. The van der Waals surface area contributed by atoms with E-state index in [1.165, 1.54) is 23.2 Å². The van der Waals surface area contributed by atoms with Gasteiger partial charge in [-0.25, -0.2) is 0 Å². The van der Waals surface area contributed by atoms with Crippen LogP contribution in [0.3, 0.4) is 0 Å². The summed E-state index contributed by atoms with van der Waals surface area (Å²) in [5.74, 6) is 0.212. The van der Waals surface area contributed by atoms with Crippen molar-refractivity contribution >= 4 is 46.5 Å². The van der Waals surface area contributed by atoms with Gasteiger partial charge in [0.05, 0.1) is 4.88 Å². The first-order chi connectivity index (χ1) is 10.0. The SMILES string of the molecule is CC(=O)NNC(=O)c1cc2c(s1)-c1cc(Cl)ccc1SC2. The third kappa shape index (κ3) is 2.92. The minimum Gasteiger partial charge on any atom is -0.274 e. The lowest BCUT2D eigenvalue weighted by molar-refractivity contribution is -0.119. The Morgan fingerprint density at radius 3 is 2.81 bits per heavy atom. The van der Waals surface area contributed by atoms with Crippen LogP contribution in [-0.4, -0.2) is 11.8 Å². The molecule has 0 saturated carbocycles. The Labute approximate surface area is 134 Å². The smallest absolute Gasteiger partial charge is 0.274 e. The standard InChI is InChI=1S/C14H11ClN2O2S2/c1-7(18)16-17-14(19)12-4-8-6-20-11-3-2-9(15)5-10(11)13(8)21-12/h2-5H,6H2,1H3,(H,16,18)(H,17,19). The zero-order valence-electron chi connectivity index (χ0n) is 11.0. The highest BCUT2D eigenvalue weighted by molar-refractivity contribution is 7.98. The molecule has 3 rings (SSSR count). The summed E-state index contributed by atoms with van der Waals surface area (Å²) in [6.07, 6.45) is 0. The molecule has 2 amide bonds. The molecule has 0 aliphatic carbocycles. The fraction of sp³-hybridized carbons (Fsp3) is 0.143. The van der Waals surface area contributed by atoms with Gasteiger partial charge < -0.3 is 0 Å². The summed E-state index contributed by atoms with van der Waals surface area (Å²) in [6, 6.07) is 7.67. The van der Waals surface area contributed by atoms with Crippen molar-refractivity contribution in [1.82, 2.24) is 10.9 Å². The monoisotopic (exact) mass is 338 g/mol. The average molecular weight is 339 g/mol. The van der Waals surface area contributed by atoms with Crippen molar-refractivity contribution in [2.45, 2.75) is 17.6 Å². The van der Waals surface area contributed by atoms with E-state index in [-0.39, 0.29) is 11.8 Å². The molecule has 0 atom stereocenters. The zero-order valence-corrected chi connectivity index (χ0v) is 13.4. The largest absolute Gasteiger partial charge is 0.279 e. The molecule has 21 heavy (non-hydrogen) atoms. The Morgan fingerprint density at radius 1 is 1.24 bits per heavy atom. The summed E-state index contributed by atoms with van der Waals surface area (Å²) in [5.41, 5.74) is 6.86. The molecule has 2 heterocycles. The molecule has 4 nitrogen and oxygen atoms in total. The number of carbonyl (C=O) groups excluding carboxylic acids is 2. The van der Waals surface area contributed by atoms with E-state index >= 15 is 0 Å². The fourth-order valence-electron chi connectivity index (χ4n) is 2.04. The lowest BCUT2D eigenvalue weighted by Gasteiger charge is -2.15. The van der Waals surface area contributed by atoms with Gasteiger partial charge in [-0.05, 0) is 29.8 Å². The first-order valence-electron chi connectivity index (χ1n) is 6.17. The Kier molecular flexibility index (Phi) is 3.93. The van der Waals surface area contributed by atoms with Crippen LogP contribution in [0.4, 0.5) is 0 Å². The number of nitrogens with one attached hydrogen (secondary N) is 2. The summed E-state index contributed by atoms with van der Waals surface area (Å²) < 4.78 is 0. The second-order valence-corrected chi connectivity index (χ2v) is 7.04. The Morgan fingerprint density at radius 2 is 2.05 bits per heavy atom. The van der Waals surface area contributed by atoms with Crippen LogP contribution in [-0.2, 0) is 10.5 Å². The van der Waals surface area contributed by atoms with Crippen LogP contribution in [0.1, 0.15) is 22.2 Å². The fourth-order valence-corrected chi connectivity index (χ4v) is 4.50. The maximum atomic E-state index is 12.0. The van der Waals surface area contributed by atoms with E-state index < -0.39 is 0 Å². The van der Waals surface area contributed by atoms with Gasteiger partial charge in [0.25, 0.3) is 5.91 Å². The van der Waals surface area contributed by atoms with Crippen molar-refractivity contribution < 1.29 is 9.59 Å². The lowest BCUT2D eigenvalue weighted by Crippen LogP contribution is -2.39. The molecule has 0 unspecified atom stereocenters. The minimum absolute atomic E-state index is 0.307. The molecule has 1 aromatic carbocycles. The zero-order chi connectivity index (χ0) is 15.0. The van der Waals surface area contributed by atoms with Crippen molar-refractivity contribution in [3.05, 3.63) is 39.7 Å². The van der Waals surface area contributed by atoms with E-state index in [4.69, 9.17) is 11.6 Å². The molecular formula is C14H11ClN2O2S2. The lowest BCUT2D eigenvalue weighted by atomic mass is 10.1. The summed E-state index contributed by atoms with van der Waals surface area (Å²) in [5, 5.41) is 0.680. The molecule has 0 bridgehead atoms. The van der Waals surface area contributed by atoms with E-state index in [0.717, 1.165) is 21.8 Å². The topological polar surface area (TPSA) is 58.2 Å². The van der Waals surface area contributed by atoms with E-state index in [1.807, 2.05) is 24.3 Å². The molecule has 1 aliphatic rings. The van der Waals surface area contributed by atoms with E-state index in [9.17, 15) is 9.59 Å². The van der Waals surface area contributed by atoms with Crippen molar-refractivity contribution in [3.8, 4) is 10.4 Å². The highest BCUT2D eigenvalue weighted by atomic mass is 35.5. The molecule has 0 saturated heterocycles. The Hall–Kier alpha value is -1.50. The van der Waals surface area contributed by atoms with Gasteiger partial charge >= 0.3 is 0 Å². The maximum absolute atomic E-state index is 12.0. The minimum atomic E-state index is -0.308. The number of hydrogen-bond donors (Lipinski definition) is 2. The number of fused-ring (bicyclic) bond motifs is 3. The van der Waals surface area contributed by atoms with E-state index in [1.54, 1.807) is 11.8 Å². The number of benzene rings is 1. The van der Waals surface area contributed by atoms with Gasteiger partial charge in [-0.3, -0.25) is 20.4 Å². The van der Waals surface area contributed by atoms with Crippen LogP contribution in [0.2, 0.25) is 5.02 Å². The van der Waals surface area contributed by atoms with Gasteiger partial charge in [0.1, 0.15) is 0 Å². The predicted octanol–water partition coefficient (Wildman–Crippen LogP) is 3.46. The second kappa shape index (κ2) is 5.71. The second-order valence-electron chi connectivity index (χ2n) is 4.53. The first-order valence-corrected chi connectivity index (χ1v) is 8.35. The molecule has 108 valence electrons. The molecule has 2 N–H and O–H groups in total. The quantitative estimate of drug-likeness (QED) is 0.783. The summed E-state index contributed by atoms with van der Waals surface area (Å²) in [7, 11) is 0. The van der Waals surface area contributed by atoms with Crippen LogP contribution >= 0.6 is 34.7 Å². The number of hydrazine groups is 1. The number of thiophene rings is 1. The van der Waals surface area contributed by atoms with Crippen LogP contribution in [0.15, 0.2) is 29.2 Å². The van der Waals surface area contributed by atoms with E-state index in [2.05, 4.69) is 10.9 Å². The normalized spacial score (nSPS) is 12.3. The van der Waals surface area contributed by atoms with Gasteiger partial charge in [0.2, 0.25) is 5.91 Å². The molecule has 1 aliphatic heterocycles. The molecule has 0 radical (unpaired) electrons. The van der Waals surface area contributed by atoms with Crippen LogP contribution < -0.4 is 10.9 Å². The van der Waals surface area contributed by atoms with Crippen LogP contribution in [0.5, 0.6) is 0 Å². The highest BCUT2D eigenvalue weighted by Crippen LogP contribution is 2.46. The Balaban J connectivity index is 1.93. The van der Waals surface area contributed by atoms with Gasteiger partial charge in [0, 0.05) is 33.0 Å². The first kappa shape index (κ1) is 14.4. The van der Waals surface area contributed by atoms with Crippen LogP contribution in [0, 0.1) is 0 Å². The number of amides is 2. The molecule has 2 aromatic rings. The third-order valence-corrected chi connectivity index (χ3v) is 5.52. The molecule has 7 heteroatoms. The van der Waals surface area contributed by atoms with E-state index in [0.29, 0.717) is 9.90 Å². The Bertz CT molecular complexity index is 743. The van der Waals surface area contributed by atoms with Gasteiger partial charge in [-0.1, -0.05) is 11.6 Å². The van der Waals surface area contributed by atoms with Crippen molar-refractivity contribution in [2.75, 3.05) is 0 Å². The van der Waals surface area contributed by atoms with Gasteiger partial charge in [-0.2, -0.15) is 0 Å². The number of hydrogen-bond acceptors (Lipinski definition) is 4. The third-order valence-electron chi connectivity index (χ3n) is 2.95. The van der Waals surface area contributed by atoms with Gasteiger partial charge in [-0.15, -0.1) is 23.1 Å². The molecule has 0 spiro atoms. The maximum Gasteiger partial charge on any atom is 0.279 e. The van der Waals surface area contributed by atoms with Crippen molar-refractivity contribution in [1.29, 1.82) is 0 Å². The van der Waals surface area contributed by atoms with Crippen molar-refractivity contribution in [3.63, 3.8) is 0 Å². The number of rotatable bonds is 1. The summed E-state index contributed by atoms with van der Waals surface area (Å²) >= 11 is 9.21. The van der Waals surface area contributed by atoms with Crippen LogP contribution in [0.25, 0.3) is 10.4 Å². The number of carbonyl (C=O) groups is 2. The molecular weight excluding hydrogens is 328 g/mol. The highest BCUT2D eigenvalue weighted by Gasteiger charge is 2.22. The average Bonchev–Trinajstić information content (AvgIpc) is 2.89. The number of thioether (sulfide) groups is 1. The summed E-state index contributed by atoms with van der Waals surface area (Å²) in [4.78, 5) is 25.6. The van der Waals surface area contributed by atoms with Gasteiger partial charge in [0.15, 0.2) is 0 Å². The summed E-state index contributed by atoms with van der Waals surface area (Å²) in [6.45, 7) is 1.34.